The number of aromatic nitrogens is 1. The molecule has 0 aliphatic heterocycles. The van der Waals surface area contributed by atoms with E-state index in [4.69, 9.17) is 9.47 Å². The van der Waals surface area contributed by atoms with E-state index < -0.39 is 27.3 Å². The third-order valence-corrected chi connectivity index (χ3v) is 5.95. The number of benzene rings is 2. The summed E-state index contributed by atoms with van der Waals surface area (Å²) in [6, 6.07) is 9.04. The van der Waals surface area contributed by atoms with Gasteiger partial charge in [-0.3, -0.25) is 9.78 Å². The summed E-state index contributed by atoms with van der Waals surface area (Å²) >= 11 is 0. The van der Waals surface area contributed by atoms with Gasteiger partial charge in [-0.15, -0.1) is 0 Å². The second kappa shape index (κ2) is 9.58. The van der Waals surface area contributed by atoms with Crippen LogP contribution in [0.4, 0.5) is 8.78 Å². The van der Waals surface area contributed by atoms with Crippen LogP contribution >= 0.6 is 0 Å². The van der Waals surface area contributed by atoms with E-state index >= 15 is 0 Å². The molecule has 0 fully saturated rings. The Kier molecular flexibility index (Phi) is 6.85. The van der Waals surface area contributed by atoms with Crippen LogP contribution in [0, 0.1) is 23.5 Å². The maximum atomic E-state index is 13.7. The number of ether oxygens (including phenoxy) is 2. The molecule has 0 spiro atoms. The molecule has 6 nitrogen and oxygen atoms in total. The molecule has 1 heterocycles. The number of hydrogen-bond acceptors (Lipinski definition) is 5. The highest BCUT2D eigenvalue weighted by molar-refractivity contribution is 7.93. The second-order valence-electron chi connectivity index (χ2n) is 6.55. The van der Waals surface area contributed by atoms with Crippen molar-refractivity contribution >= 4 is 15.6 Å². The van der Waals surface area contributed by atoms with Crippen molar-refractivity contribution < 1.29 is 27.3 Å². The molecule has 0 N–H and O–H groups in total. The molecule has 1 unspecified atom stereocenters. The monoisotopic (exact) mass is 456 g/mol. The van der Waals surface area contributed by atoms with Gasteiger partial charge in [-0.1, -0.05) is 11.8 Å². The highest BCUT2D eigenvalue weighted by Crippen LogP contribution is 2.30. The van der Waals surface area contributed by atoms with Gasteiger partial charge >= 0.3 is 0 Å². The Morgan fingerprint density at radius 1 is 1.00 bits per heavy atom. The van der Waals surface area contributed by atoms with E-state index in [9.17, 15) is 17.8 Å². The van der Waals surface area contributed by atoms with Crippen LogP contribution < -0.4 is 9.47 Å². The van der Waals surface area contributed by atoms with E-state index in [2.05, 4.69) is 21.2 Å². The number of carbonyl (C=O) groups is 1. The number of rotatable bonds is 4. The standard InChI is InChI=1S/C23H18F2N2O4S/c1-30-21-9-8-19(12-22(21)31-2)32(3,29)27-23(28)17-10-15(13-26-14-17)4-5-16-6-7-18(24)11-20(16)25/h6-14H,1-3H3. The van der Waals surface area contributed by atoms with Gasteiger partial charge in [-0.25, -0.2) is 13.0 Å². The Hall–Kier alpha value is -3.77. The van der Waals surface area contributed by atoms with Crippen molar-refractivity contribution in [3.63, 3.8) is 0 Å². The number of carbonyl (C=O) groups excluding carboxylic acids is 1. The minimum Gasteiger partial charge on any atom is -0.493 e. The Bertz CT molecular complexity index is 1370. The largest absolute Gasteiger partial charge is 0.493 e. The smallest absolute Gasteiger partial charge is 0.286 e. The lowest BCUT2D eigenvalue weighted by Crippen LogP contribution is -2.05. The zero-order valence-electron chi connectivity index (χ0n) is 17.4. The maximum Gasteiger partial charge on any atom is 0.286 e. The summed E-state index contributed by atoms with van der Waals surface area (Å²) in [5, 5.41) is 0. The number of pyridine rings is 1. The van der Waals surface area contributed by atoms with Crippen molar-refractivity contribution in [1.29, 1.82) is 0 Å². The van der Waals surface area contributed by atoms with Gasteiger partial charge in [-0.2, -0.15) is 4.36 Å². The van der Waals surface area contributed by atoms with Crippen LogP contribution in [0.15, 0.2) is 64.1 Å². The lowest BCUT2D eigenvalue weighted by atomic mass is 10.1. The zero-order chi connectivity index (χ0) is 23.3. The maximum absolute atomic E-state index is 13.7. The van der Waals surface area contributed by atoms with Crippen LogP contribution in [0.1, 0.15) is 21.5 Å². The summed E-state index contributed by atoms with van der Waals surface area (Å²) in [6.45, 7) is 0. The average molecular weight is 456 g/mol. The van der Waals surface area contributed by atoms with E-state index in [0.29, 0.717) is 22.0 Å². The van der Waals surface area contributed by atoms with Crippen LogP contribution in [0.25, 0.3) is 0 Å². The predicted molar refractivity (Wildman–Crippen MR) is 115 cm³/mol. The van der Waals surface area contributed by atoms with Crippen molar-refractivity contribution in [1.82, 2.24) is 4.98 Å². The molecule has 0 radical (unpaired) electrons. The van der Waals surface area contributed by atoms with E-state index in [1.165, 1.54) is 57.1 Å². The summed E-state index contributed by atoms with van der Waals surface area (Å²) in [5.41, 5.74) is 0.368. The van der Waals surface area contributed by atoms with Crippen molar-refractivity contribution in [2.45, 2.75) is 4.90 Å². The highest BCUT2D eigenvalue weighted by atomic mass is 32.2. The fraction of sp³-hybridized carbons (Fsp3) is 0.130. The first-order valence-corrected chi connectivity index (χ1v) is 11.1. The molecule has 32 heavy (non-hydrogen) atoms. The third-order valence-electron chi connectivity index (χ3n) is 4.31. The number of nitrogens with zero attached hydrogens (tertiary/aromatic N) is 2. The summed E-state index contributed by atoms with van der Waals surface area (Å²) < 4.78 is 54.1. The molecule has 3 rings (SSSR count). The van der Waals surface area contributed by atoms with Crippen molar-refractivity contribution in [3.8, 4) is 23.3 Å². The Morgan fingerprint density at radius 2 is 1.75 bits per heavy atom. The fourth-order valence-electron chi connectivity index (χ4n) is 2.67. The lowest BCUT2D eigenvalue weighted by molar-refractivity contribution is 0.100. The van der Waals surface area contributed by atoms with Gasteiger partial charge in [0.1, 0.15) is 11.6 Å². The molecule has 0 aliphatic carbocycles. The molecule has 2 aromatic carbocycles. The van der Waals surface area contributed by atoms with E-state index in [1.807, 2.05) is 0 Å². The van der Waals surface area contributed by atoms with Gasteiger partial charge in [0.2, 0.25) is 0 Å². The first-order chi connectivity index (χ1) is 15.2. The van der Waals surface area contributed by atoms with Crippen LogP contribution in [0.2, 0.25) is 0 Å². The van der Waals surface area contributed by atoms with Crippen LogP contribution in [0.5, 0.6) is 11.5 Å². The van der Waals surface area contributed by atoms with Crippen molar-refractivity contribution in [2.75, 3.05) is 20.5 Å². The lowest BCUT2D eigenvalue weighted by Gasteiger charge is -2.10. The summed E-state index contributed by atoms with van der Waals surface area (Å²) in [7, 11) is -0.186. The molecule has 0 saturated carbocycles. The molecule has 0 aliphatic rings. The van der Waals surface area contributed by atoms with Gasteiger partial charge in [0.15, 0.2) is 11.5 Å². The molecule has 9 heteroatoms. The van der Waals surface area contributed by atoms with E-state index in [1.54, 1.807) is 6.07 Å². The Balaban J connectivity index is 1.91. The predicted octanol–water partition coefficient (Wildman–Crippen LogP) is 4.07. The van der Waals surface area contributed by atoms with E-state index in [0.717, 1.165) is 12.1 Å². The minimum atomic E-state index is -3.10. The molecule has 1 amide bonds. The van der Waals surface area contributed by atoms with Crippen LogP contribution in [-0.4, -0.2) is 35.6 Å². The van der Waals surface area contributed by atoms with Crippen LogP contribution in [0.3, 0.4) is 0 Å². The van der Waals surface area contributed by atoms with Crippen molar-refractivity contribution in [3.05, 3.63) is 83.2 Å². The first-order valence-electron chi connectivity index (χ1n) is 9.14. The highest BCUT2D eigenvalue weighted by Gasteiger charge is 2.15. The molecular weight excluding hydrogens is 438 g/mol. The molecular formula is C23H18F2N2O4S. The topological polar surface area (TPSA) is 77.9 Å². The zero-order valence-corrected chi connectivity index (χ0v) is 18.2. The van der Waals surface area contributed by atoms with E-state index in [-0.39, 0.29) is 11.1 Å². The number of hydrogen-bond donors (Lipinski definition) is 0. The fourth-order valence-corrected chi connectivity index (χ4v) is 3.84. The summed E-state index contributed by atoms with van der Waals surface area (Å²) in [5.74, 6) is 3.78. The summed E-state index contributed by atoms with van der Waals surface area (Å²) in [4.78, 5) is 16.9. The Morgan fingerprint density at radius 3 is 2.44 bits per heavy atom. The third kappa shape index (κ3) is 5.28. The first kappa shape index (κ1) is 22.9. The Labute approximate surface area is 184 Å². The number of amides is 1. The molecule has 3 aromatic rings. The van der Waals surface area contributed by atoms with Gasteiger partial charge in [0.05, 0.1) is 40.0 Å². The second-order valence-corrected chi connectivity index (χ2v) is 8.81. The van der Waals surface area contributed by atoms with Gasteiger partial charge in [0.25, 0.3) is 5.91 Å². The number of methoxy groups -OCH3 is 2. The normalized spacial score (nSPS) is 12.2. The van der Waals surface area contributed by atoms with Gasteiger partial charge in [0, 0.05) is 36.3 Å². The van der Waals surface area contributed by atoms with Crippen LogP contribution in [-0.2, 0) is 9.73 Å². The molecule has 1 aromatic heterocycles. The SMILES string of the molecule is COc1ccc(S(C)(=O)=NC(=O)c2cncc(C#Cc3ccc(F)cc3F)c2)cc1OC. The van der Waals surface area contributed by atoms with Gasteiger partial charge in [-0.05, 0) is 30.3 Å². The molecule has 0 saturated heterocycles. The number of halogens is 2. The van der Waals surface area contributed by atoms with Gasteiger partial charge < -0.3 is 9.47 Å². The molecule has 1 atom stereocenters. The molecule has 0 bridgehead atoms. The average Bonchev–Trinajstić information content (AvgIpc) is 2.77. The quantitative estimate of drug-likeness (QED) is 0.553. The van der Waals surface area contributed by atoms with Crippen molar-refractivity contribution in [2.24, 2.45) is 4.36 Å². The molecule has 164 valence electrons. The minimum absolute atomic E-state index is 0.00199. The summed E-state index contributed by atoms with van der Waals surface area (Å²) in [6.07, 6.45) is 3.98.